The van der Waals surface area contributed by atoms with E-state index in [1.54, 1.807) is 12.1 Å². The number of benzene rings is 1. The third kappa shape index (κ3) is 4.97. The highest BCUT2D eigenvalue weighted by atomic mass is 31.2. The highest BCUT2D eigenvalue weighted by Crippen LogP contribution is 2.49. The lowest BCUT2D eigenvalue weighted by atomic mass is 10.2. The van der Waals surface area contributed by atoms with Gasteiger partial charge in [-0.2, -0.15) is 23.1 Å². The van der Waals surface area contributed by atoms with Crippen LogP contribution in [-0.4, -0.2) is 77.7 Å². The number of anilines is 3. The van der Waals surface area contributed by atoms with Crippen molar-refractivity contribution in [2.75, 3.05) is 56.4 Å². The molecule has 2 aliphatic heterocycles. The second-order valence-corrected chi connectivity index (χ2v) is 13.3. The second-order valence-electron chi connectivity index (χ2n) is 10.1. The maximum absolute atomic E-state index is 13.8. The Morgan fingerprint density at radius 1 is 1.18 bits per heavy atom. The number of rotatable bonds is 7. The summed E-state index contributed by atoms with van der Waals surface area (Å²) >= 11 is 0. The molecule has 3 N–H and O–H groups in total. The molecule has 1 saturated carbocycles. The lowest BCUT2D eigenvalue weighted by molar-refractivity contribution is -0.136. The predicted molar refractivity (Wildman–Crippen MR) is 140 cm³/mol. The maximum Gasteiger partial charge on any atom is 0.418 e. The van der Waals surface area contributed by atoms with Crippen molar-refractivity contribution in [3.63, 3.8) is 0 Å². The average Bonchev–Trinajstić information content (AvgIpc) is 3.42. The summed E-state index contributed by atoms with van der Waals surface area (Å²) in [5.41, 5.74) is -0.255. The first-order valence-corrected chi connectivity index (χ1v) is 14.9. The Bertz CT molecular complexity index is 1370. The molecule has 4 heterocycles. The van der Waals surface area contributed by atoms with Crippen molar-refractivity contribution in [3.8, 4) is 5.75 Å². The predicted octanol–water partition coefficient (Wildman–Crippen LogP) is 4.40. The van der Waals surface area contributed by atoms with E-state index in [4.69, 9.17) is 9.47 Å². The van der Waals surface area contributed by atoms with Crippen LogP contribution in [0.25, 0.3) is 11.0 Å². The second kappa shape index (κ2) is 9.73. The summed E-state index contributed by atoms with van der Waals surface area (Å²) in [6, 6.07) is 5.90. The van der Waals surface area contributed by atoms with Crippen LogP contribution < -0.4 is 20.7 Å². The molecule has 9 nitrogen and oxygen atoms in total. The van der Waals surface area contributed by atoms with E-state index in [-0.39, 0.29) is 28.8 Å². The van der Waals surface area contributed by atoms with E-state index in [1.165, 1.54) is 20.0 Å². The highest BCUT2D eigenvalue weighted by Gasteiger charge is 2.38. The molecule has 13 heteroatoms. The van der Waals surface area contributed by atoms with Crippen molar-refractivity contribution in [1.82, 2.24) is 19.9 Å². The summed E-state index contributed by atoms with van der Waals surface area (Å²) in [6.07, 6.45) is 0.760. The fraction of sp³-hybridized carbons (Fsp3) is 0.520. The quantitative estimate of drug-likeness (QED) is 0.372. The van der Waals surface area contributed by atoms with Crippen molar-refractivity contribution >= 4 is 40.9 Å². The van der Waals surface area contributed by atoms with Crippen LogP contribution in [0.15, 0.2) is 24.4 Å². The van der Waals surface area contributed by atoms with Gasteiger partial charge in [0.2, 0.25) is 5.95 Å². The van der Waals surface area contributed by atoms with Crippen LogP contribution in [0.3, 0.4) is 0 Å². The number of ether oxygens (including phenoxy) is 2. The summed E-state index contributed by atoms with van der Waals surface area (Å²) < 4.78 is 65.8. The van der Waals surface area contributed by atoms with Crippen LogP contribution >= 0.6 is 7.14 Å². The number of hydrogen-bond acceptors (Lipinski definition) is 8. The number of H-pyrrole nitrogens is 1. The van der Waals surface area contributed by atoms with Gasteiger partial charge in [-0.1, -0.05) is 0 Å². The number of aromatic amines is 1. The van der Waals surface area contributed by atoms with Gasteiger partial charge in [0.1, 0.15) is 24.4 Å². The Morgan fingerprint density at radius 3 is 2.63 bits per heavy atom. The van der Waals surface area contributed by atoms with Crippen molar-refractivity contribution in [1.29, 1.82) is 0 Å². The summed E-state index contributed by atoms with van der Waals surface area (Å²) in [7, 11) is -1.02. The number of nitrogens with one attached hydrogen (secondary N) is 3. The van der Waals surface area contributed by atoms with Crippen LogP contribution in [0.2, 0.25) is 0 Å². The van der Waals surface area contributed by atoms with Gasteiger partial charge in [0.05, 0.1) is 36.4 Å². The minimum atomic E-state index is -4.57. The fourth-order valence-corrected chi connectivity index (χ4v) is 7.88. The van der Waals surface area contributed by atoms with E-state index in [0.29, 0.717) is 49.4 Å². The topological polar surface area (TPSA) is 104 Å². The van der Waals surface area contributed by atoms with E-state index >= 15 is 0 Å². The van der Waals surface area contributed by atoms with E-state index < -0.39 is 18.9 Å². The molecule has 1 unspecified atom stereocenters. The molecule has 2 aromatic heterocycles. The van der Waals surface area contributed by atoms with Crippen LogP contribution in [0.4, 0.5) is 30.6 Å². The lowest BCUT2D eigenvalue weighted by Crippen LogP contribution is -2.38. The minimum absolute atomic E-state index is 0.0543. The molecule has 1 aromatic carbocycles. The van der Waals surface area contributed by atoms with Gasteiger partial charge in [-0.15, -0.1) is 0 Å². The standard InChI is InChI=1S/C25H30F3N6O3P/c1-36-20-12-17(38(35)10-7-34(8-11-38)16-2-3-16)4-5-19(20)31-24-32-22-21(18(13-29-22)25(26,27)28)23(33-24)30-15-6-9-37-14-15/h4-5,12-13,15-16H,2-3,6-11,14H2,1H3,(H3,29,30,31,32,33). The van der Waals surface area contributed by atoms with Crippen molar-refractivity contribution in [3.05, 3.63) is 30.0 Å². The van der Waals surface area contributed by atoms with Gasteiger partial charge in [-0.25, -0.2) is 0 Å². The van der Waals surface area contributed by atoms with Gasteiger partial charge in [0.15, 0.2) is 0 Å². The Kier molecular flexibility index (Phi) is 6.52. The number of nitrogens with zero attached hydrogens (tertiary/aromatic N) is 3. The Balaban J connectivity index is 1.29. The Morgan fingerprint density at radius 2 is 1.97 bits per heavy atom. The van der Waals surface area contributed by atoms with Gasteiger partial charge < -0.3 is 29.7 Å². The lowest BCUT2D eigenvalue weighted by Gasteiger charge is -2.32. The summed E-state index contributed by atoms with van der Waals surface area (Å²) in [5, 5.41) is 6.84. The number of halogens is 3. The molecule has 3 aromatic rings. The zero-order valence-electron chi connectivity index (χ0n) is 21.0. The molecule has 2 saturated heterocycles. The van der Waals surface area contributed by atoms with Gasteiger partial charge in [0, 0.05) is 49.6 Å². The van der Waals surface area contributed by atoms with Gasteiger partial charge in [-0.3, -0.25) is 4.90 Å². The average molecular weight is 551 g/mol. The van der Waals surface area contributed by atoms with Crippen LogP contribution in [0.1, 0.15) is 24.8 Å². The van der Waals surface area contributed by atoms with Gasteiger partial charge in [-0.05, 0) is 37.5 Å². The smallest absolute Gasteiger partial charge is 0.418 e. The van der Waals surface area contributed by atoms with Crippen molar-refractivity contribution in [2.24, 2.45) is 0 Å². The molecule has 1 atom stereocenters. The van der Waals surface area contributed by atoms with E-state index in [0.717, 1.165) is 24.6 Å². The first-order chi connectivity index (χ1) is 18.2. The minimum Gasteiger partial charge on any atom is -0.495 e. The molecule has 1 aliphatic carbocycles. The molecular formula is C25H30F3N6O3P. The summed E-state index contributed by atoms with van der Waals surface area (Å²) in [6.45, 7) is 2.60. The largest absolute Gasteiger partial charge is 0.495 e. The van der Waals surface area contributed by atoms with Gasteiger partial charge >= 0.3 is 6.18 Å². The number of aromatic nitrogens is 3. The molecule has 0 amide bonds. The van der Waals surface area contributed by atoms with Crippen LogP contribution in [0, 0.1) is 0 Å². The molecule has 204 valence electrons. The van der Waals surface area contributed by atoms with Crippen molar-refractivity contribution in [2.45, 2.75) is 37.5 Å². The van der Waals surface area contributed by atoms with E-state index in [9.17, 15) is 17.7 Å². The SMILES string of the molecule is COc1cc(P2(=O)CCN(C3CC3)CC2)ccc1Nc1nc(NC2CCOC2)c2c(C(F)(F)F)c[nH]c2n1. The monoisotopic (exact) mass is 550 g/mol. The highest BCUT2D eigenvalue weighted by molar-refractivity contribution is 7.71. The zero-order valence-corrected chi connectivity index (χ0v) is 21.9. The molecule has 0 radical (unpaired) electrons. The molecule has 3 fully saturated rings. The number of hydrogen-bond donors (Lipinski definition) is 3. The maximum atomic E-state index is 13.8. The molecule has 38 heavy (non-hydrogen) atoms. The van der Waals surface area contributed by atoms with E-state index in [2.05, 4.69) is 30.5 Å². The third-order valence-corrected chi connectivity index (χ3v) is 10.6. The number of methoxy groups -OCH3 is 1. The number of fused-ring (bicyclic) bond motifs is 1. The van der Waals surface area contributed by atoms with Crippen LogP contribution in [0.5, 0.6) is 5.75 Å². The molecular weight excluding hydrogens is 520 g/mol. The zero-order chi connectivity index (χ0) is 26.5. The fourth-order valence-electron chi connectivity index (χ4n) is 5.28. The molecule has 0 bridgehead atoms. The molecule has 0 spiro atoms. The first kappa shape index (κ1) is 25.5. The van der Waals surface area contributed by atoms with Crippen LogP contribution in [-0.2, 0) is 15.5 Å². The number of alkyl halides is 3. The summed E-state index contributed by atoms with van der Waals surface area (Å²) in [5.74, 6) is 0.640. The normalized spacial score (nSPS) is 22.1. The first-order valence-electron chi connectivity index (χ1n) is 12.8. The Labute approximate surface area is 217 Å². The van der Waals surface area contributed by atoms with Crippen molar-refractivity contribution < 1.29 is 27.2 Å². The Hall–Kier alpha value is -2.82. The van der Waals surface area contributed by atoms with Gasteiger partial charge in [0.25, 0.3) is 0 Å². The van der Waals surface area contributed by atoms with E-state index in [1.807, 2.05) is 6.07 Å². The third-order valence-electron chi connectivity index (χ3n) is 7.57. The summed E-state index contributed by atoms with van der Waals surface area (Å²) in [4.78, 5) is 13.8. The molecule has 6 rings (SSSR count). The molecule has 3 aliphatic rings.